The highest BCUT2D eigenvalue weighted by atomic mass is 32.2. The number of benzene rings is 1. The molecule has 0 bridgehead atoms. The number of likely N-dealkylation sites (tertiary alicyclic amines) is 1. The van der Waals surface area contributed by atoms with Crippen LogP contribution in [0.3, 0.4) is 0 Å². The highest BCUT2D eigenvalue weighted by Gasteiger charge is 2.42. The second-order valence-electron chi connectivity index (χ2n) is 13.8. The molecule has 2 aromatic rings. The fourth-order valence-corrected chi connectivity index (χ4v) is 10.2. The lowest BCUT2D eigenvalue weighted by atomic mass is 9.89. The smallest absolute Gasteiger partial charge is 0.253 e. The second-order valence-corrected chi connectivity index (χ2v) is 15.7. The molecule has 0 radical (unpaired) electrons. The molecule has 1 saturated heterocycles. The van der Waals surface area contributed by atoms with E-state index in [-0.39, 0.29) is 29.3 Å². The van der Waals surface area contributed by atoms with Gasteiger partial charge >= 0.3 is 0 Å². The van der Waals surface area contributed by atoms with Crippen LogP contribution in [-0.4, -0.2) is 67.2 Å². The zero-order chi connectivity index (χ0) is 30.5. The predicted octanol–water partition coefficient (Wildman–Crippen LogP) is 3.89. The van der Waals surface area contributed by atoms with Crippen LogP contribution in [0.2, 0.25) is 0 Å². The van der Waals surface area contributed by atoms with Gasteiger partial charge in [-0.3, -0.25) is 9.59 Å². The molecule has 234 valence electrons. The second kappa shape index (κ2) is 11.5. The number of primary amides is 1. The van der Waals surface area contributed by atoms with E-state index in [1.165, 1.54) is 18.9 Å². The van der Waals surface area contributed by atoms with Gasteiger partial charge in [-0.15, -0.1) is 0 Å². The molecule has 3 heterocycles. The minimum Gasteiger partial charge on any atom is -0.382 e. The summed E-state index contributed by atoms with van der Waals surface area (Å²) in [4.78, 5) is 27.7. The molecule has 2 amide bonds. The van der Waals surface area contributed by atoms with Gasteiger partial charge in [0.05, 0.1) is 27.6 Å². The number of amides is 2. The zero-order valence-electron chi connectivity index (χ0n) is 25.3. The molecular formula is C32H44FN5O4S. The molecule has 2 fully saturated rings. The molecule has 11 heteroatoms. The van der Waals surface area contributed by atoms with Gasteiger partial charge in [-0.1, -0.05) is 13.8 Å². The first-order valence-electron chi connectivity index (χ1n) is 15.8. The number of sulfone groups is 1. The average Bonchev–Trinajstić information content (AvgIpc) is 3.65. The Morgan fingerprint density at radius 1 is 1.02 bits per heavy atom. The maximum atomic E-state index is 15.7. The van der Waals surface area contributed by atoms with Crippen molar-refractivity contribution in [3.63, 3.8) is 0 Å². The van der Waals surface area contributed by atoms with E-state index in [4.69, 9.17) is 5.73 Å². The summed E-state index contributed by atoms with van der Waals surface area (Å²) < 4.78 is 44.5. The van der Waals surface area contributed by atoms with Crippen LogP contribution in [0.5, 0.6) is 0 Å². The van der Waals surface area contributed by atoms with E-state index in [0.717, 1.165) is 63.0 Å². The molecule has 6 rings (SSSR count). The summed E-state index contributed by atoms with van der Waals surface area (Å²) in [6.45, 7) is 6.85. The number of hydrogen-bond acceptors (Lipinski definition) is 6. The van der Waals surface area contributed by atoms with Crippen molar-refractivity contribution in [3.05, 3.63) is 40.5 Å². The number of carbonyl (C=O) groups excluding carboxylic acids is 2. The van der Waals surface area contributed by atoms with Crippen LogP contribution in [0.15, 0.2) is 17.0 Å². The van der Waals surface area contributed by atoms with Crippen LogP contribution in [-0.2, 0) is 33.9 Å². The van der Waals surface area contributed by atoms with Gasteiger partial charge in [-0.05, 0) is 100 Å². The molecule has 4 N–H and O–H groups in total. The van der Waals surface area contributed by atoms with Crippen molar-refractivity contribution in [1.29, 1.82) is 0 Å². The lowest BCUT2D eigenvalue weighted by Gasteiger charge is -2.32. The summed E-state index contributed by atoms with van der Waals surface area (Å²) in [5.74, 6) is -1.40. The fourth-order valence-electron chi connectivity index (χ4n) is 7.84. The van der Waals surface area contributed by atoms with Crippen LogP contribution in [0.4, 0.5) is 10.1 Å². The molecule has 43 heavy (non-hydrogen) atoms. The van der Waals surface area contributed by atoms with Crippen LogP contribution >= 0.6 is 0 Å². The molecular weight excluding hydrogens is 569 g/mol. The number of halogens is 1. The van der Waals surface area contributed by atoms with Gasteiger partial charge in [0.2, 0.25) is 5.91 Å². The lowest BCUT2D eigenvalue weighted by Crippen LogP contribution is -2.41. The number of aromatic nitrogens is 1. The molecule has 4 aliphatic rings. The zero-order valence-corrected chi connectivity index (χ0v) is 26.1. The summed E-state index contributed by atoms with van der Waals surface area (Å²) in [5, 5.41) is 6.58. The monoisotopic (exact) mass is 613 g/mol. The summed E-state index contributed by atoms with van der Waals surface area (Å²) in [6.07, 6.45) is 8.81. The van der Waals surface area contributed by atoms with E-state index in [1.54, 1.807) is 6.07 Å². The van der Waals surface area contributed by atoms with E-state index >= 15 is 4.39 Å². The Morgan fingerprint density at radius 2 is 1.72 bits per heavy atom. The number of nitrogens with zero attached hydrogens (tertiary/aromatic N) is 2. The van der Waals surface area contributed by atoms with Crippen molar-refractivity contribution >= 4 is 27.3 Å². The first-order valence-corrected chi connectivity index (χ1v) is 17.5. The van der Waals surface area contributed by atoms with Gasteiger partial charge in [-0.2, -0.15) is 0 Å². The number of nitrogens with one attached hydrogen (secondary N) is 2. The molecule has 9 nitrogen and oxygen atoms in total. The normalized spacial score (nSPS) is 24.3. The highest BCUT2D eigenvalue weighted by Crippen LogP contribution is 2.45. The van der Waals surface area contributed by atoms with Crippen molar-refractivity contribution in [2.75, 3.05) is 30.7 Å². The standard InChI is InChI=1S/C32H44FN5O4S/c1-32(2)18-27-30(43(41,42)19-32)23-6-5-7-26(23)38(27)22-16-24(33)29(31(34)40)25(17-22)35-20-8-10-21(11-9-20)36-28(39)12-15-37-13-3-4-14-37/h16-17,20-21,35H,3-15,18-19H2,1-2H3,(H2,34,40)(H,36,39)/t20-,21-. The Kier molecular flexibility index (Phi) is 8.08. The summed E-state index contributed by atoms with van der Waals surface area (Å²) in [5.41, 5.74) is 8.34. The number of hydrogen-bond donors (Lipinski definition) is 3. The largest absolute Gasteiger partial charge is 0.382 e. The molecule has 0 spiro atoms. The van der Waals surface area contributed by atoms with Crippen LogP contribution in [0, 0.1) is 11.2 Å². The van der Waals surface area contributed by atoms with E-state index in [2.05, 4.69) is 15.5 Å². The van der Waals surface area contributed by atoms with Crippen LogP contribution in [0.1, 0.15) is 92.5 Å². The molecule has 1 saturated carbocycles. The van der Waals surface area contributed by atoms with Crippen molar-refractivity contribution in [2.24, 2.45) is 11.1 Å². The predicted molar refractivity (Wildman–Crippen MR) is 164 cm³/mol. The topological polar surface area (TPSA) is 127 Å². The molecule has 0 atom stereocenters. The van der Waals surface area contributed by atoms with Crippen LogP contribution < -0.4 is 16.4 Å². The molecule has 0 unspecified atom stereocenters. The van der Waals surface area contributed by atoms with Crippen molar-refractivity contribution < 1.29 is 22.4 Å². The number of rotatable bonds is 8. The molecule has 1 aromatic heterocycles. The van der Waals surface area contributed by atoms with E-state index in [0.29, 0.717) is 47.6 Å². The molecule has 2 aliphatic carbocycles. The molecule has 1 aromatic carbocycles. The maximum absolute atomic E-state index is 15.7. The Balaban J connectivity index is 1.22. The number of nitrogens with two attached hydrogens (primary N) is 1. The van der Waals surface area contributed by atoms with Gasteiger partial charge in [-0.25, -0.2) is 12.8 Å². The number of fused-ring (bicyclic) bond motifs is 3. The lowest BCUT2D eigenvalue weighted by molar-refractivity contribution is -0.122. The van der Waals surface area contributed by atoms with Gasteiger partial charge < -0.3 is 25.8 Å². The minimum absolute atomic E-state index is 0.0193. The summed E-state index contributed by atoms with van der Waals surface area (Å²) in [6, 6.07) is 3.14. The Bertz CT molecular complexity index is 1540. The van der Waals surface area contributed by atoms with Crippen molar-refractivity contribution in [2.45, 2.75) is 101 Å². The third-order valence-electron chi connectivity index (χ3n) is 9.69. The minimum atomic E-state index is -3.49. The van der Waals surface area contributed by atoms with Gasteiger partial charge in [0.25, 0.3) is 5.91 Å². The number of anilines is 1. The Labute approximate surface area is 253 Å². The Morgan fingerprint density at radius 3 is 2.42 bits per heavy atom. The first kappa shape index (κ1) is 30.1. The number of carbonyl (C=O) groups is 2. The van der Waals surface area contributed by atoms with Gasteiger partial charge in [0, 0.05) is 36.4 Å². The van der Waals surface area contributed by atoms with Gasteiger partial charge in [0.1, 0.15) is 5.82 Å². The van der Waals surface area contributed by atoms with E-state index < -0.39 is 27.0 Å². The first-order chi connectivity index (χ1) is 20.4. The van der Waals surface area contributed by atoms with Crippen molar-refractivity contribution in [3.8, 4) is 5.69 Å². The quantitative estimate of drug-likeness (QED) is 0.415. The average molecular weight is 614 g/mol. The Hall–Kier alpha value is -2.92. The summed E-state index contributed by atoms with van der Waals surface area (Å²) >= 11 is 0. The van der Waals surface area contributed by atoms with Gasteiger partial charge in [0.15, 0.2) is 9.84 Å². The third-order valence-corrected chi connectivity index (χ3v) is 12.0. The fraction of sp³-hybridized carbons (Fsp3) is 0.625. The third kappa shape index (κ3) is 6.07. The van der Waals surface area contributed by atoms with Crippen LogP contribution in [0.25, 0.3) is 5.69 Å². The van der Waals surface area contributed by atoms with E-state index in [1.807, 2.05) is 18.4 Å². The highest BCUT2D eigenvalue weighted by molar-refractivity contribution is 7.91. The van der Waals surface area contributed by atoms with Crippen molar-refractivity contribution in [1.82, 2.24) is 14.8 Å². The maximum Gasteiger partial charge on any atom is 0.253 e. The van der Waals surface area contributed by atoms with E-state index in [9.17, 15) is 18.0 Å². The summed E-state index contributed by atoms with van der Waals surface area (Å²) in [7, 11) is -3.49. The SMILES string of the molecule is CC1(C)Cc2c(c3c(n2-c2cc(F)c(C(N)=O)c(N[C@H]4CC[C@H](NC(=O)CCN5CCCC5)CC4)c2)CCC3)S(=O)(=O)C1. The molecule has 2 aliphatic heterocycles.